The quantitative estimate of drug-likeness (QED) is 0.688. The van der Waals surface area contributed by atoms with Crippen LogP contribution in [0, 0.1) is 0 Å². The Morgan fingerprint density at radius 2 is 1.63 bits per heavy atom. The van der Waals surface area contributed by atoms with Crippen LogP contribution < -0.4 is 5.32 Å². The zero-order valence-electron chi connectivity index (χ0n) is 17.0. The summed E-state index contributed by atoms with van der Waals surface area (Å²) in [5, 5.41) is 7.30. The minimum Gasteiger partial charge on any atom is -0.352 e. The van der Waals surface area contributed by atoms with Gasteiger partial charge in [0, 0.05) is 25.8 Å². The van der Waals surface area contributed by atoms with Crippen molar-refractivity contribution in [3.05, 3.63) is 83.7 Å². The largest absolute Gasteiger partial charge is 0.352 e. The van der Waals surface area contributed by atoms with E-state index in [-0.39, 0.29) is 11.8 Å². The molecule has 0 spiro atoms. The zero-order chi connectivity index (χ0) is 20.8. The summed E-state index contributed by atoms with van der Waals surface area (Å²) in [6, 6.07) is 17.5. The first-order valence-corrected chi connectivity index (χ1v) is 10.4. The number of nitrogens with one attached hydrogen (secondary N) is 1. The second-order valence-corrected chi connectivity index (χ2v) is 7.63. The summed E-state index contributed by atoms with van der Waals surface area (Å²) in [7, 11) is 0. The third kappa shape index (κ3) is 4.95. The van der Waals surface area contributed by atoms with Gasteiger partial charge in [0.05, 0.1) is 23.9 Å². The molecule has 0 bridgehead atoms. The van der Waals surface area contributed by atoms with Crippen LogP contribution in [-0.4, -0.2) is 39.6 Å². The van der Waals surface area contributed by atoms with Gasteiger partial charge < -0.3 is 10.2 Å². The number of likely N-dealkylation sites (tertiary alicyclic amines) is 1. The molecule has 2 aromatic carbocycles. The molecule has 1 aromatic heterocycles. The van der Waals surface area contributed by atoms with Gasteiger partial charge in [-0.05, 0) is 42.5 Å². The SMILES string of the molecule is O=C(Cc1ccccc1)NCc1ccc(-n2cc(C(=O)N3CCCCC3)cn2)cc1. The fraction of sp³-hybridized carbons (Fsp3) is 0.292. The van der Waals surface area contributed by atoms with E-state index in [9.17, 15) is 9.59 Å². The number of carbonyl (C=O) groups is 2. The smallest absolute Gasteiger partial charge is 0.257 e. The second-order valence-electron chi connectivity index (χ2n) is 7.63. The number of hydrogen-bond acceptors (Lipinski definition) is 3. The molecular weight excluding hydrogens is 376 g/mol. The molecule has 1 aliphatic rings. The predicted octanol–water partition coefficient (Wildman–Crippen LogP) is 3.36. The van der Waals surface area contributed by atoms with Gasteiger partial charge in [0.15, 0.2) is 0 Å². The number of benzene rings is 2. The molecule has 3 aromatic rings. The maximum absolute atomic E-state index is 12.6. The van der Waals surface area contributed by atoms with Gasteiger partial charge in [-0.1, -0.05) is 42.5 Å². The van der Waals surface area contributed by atoms with Crippen LogP contribution >= 0.6 is 0 Å². The van der Waals surface area contributed by atoms with E-state index in [2.05, 4.69) is 10.4 Å². The van der Waals surface area contributed by atoms with Crippen molar-refractivity contribution in [3.8, 4) is 5.69 Å². The van der Waals surface area contributed by atoms with E-state index in [1.54, 1.807) is 17.1 Å². The van der Waals surface area contributed by atoms with E-state index in [1.165, 1.54) is 6.42 Å². The number of piperidine rings is 1. The molecule has 30 heavy (non-hydrogen) atoms. The van der Waals surface area contributed by atoms with Crippen LogP contribution in [0.15, 0.2) is 67.0 Å². The molecule has 0 radical (unpaired) electrons. The Balaban J connectivity index is 1.33. The second kappa shape index (κ2) is 9.39. The normalized spacial score (nSPS) is 13.8. The molecule has 1 N–H and O–H groups in total. The molecule has 0 saturated carbocycles. The highest BCUT2D eigenvalue weighted by Gasteiger charge is 2.19. The first-order valence-electron chi connectivity index (χ1n) is 10.4. The van der Waals surface area contributed by atoms with E-state index in [1.807, 2.05) is 59.5 Å². The number of aromatic nitrogens is 2. The Morgan fingerprint density at radius 3 is 2.37 bits per heavy atom. The lowest BCUT2D eigenvalue weighted by Gasteiger charge is -2.26. The standard InChI is InChI=1S/C24H26N4O2/c29-23(15-19-7-3-1-4-8-19)25-16-20-9-11-22(12-10-20)28-18-21(17-26-28)24(30)27-13-5-2-6-14-27/h1,3-4,7-12,17-18H,2,5-6,13-16H2,(H,25,29). The molecule has 2 amide bonds. The Kier molecular flexibility index (Phi) is 6.23. The van der Waals surface area contributed by atoms with Crippen molar-refractivity contribution < 1.29 is 9.59 Å². The molecule has 2 heterocycles. The van der Waals surface area contributed by atoms with Gasteiger partial charge in [-0.15, -0.1) is 0 Å². The topological polar surface area (TPSA) is 67.2 Å². The van der Waals surface area contributed by atoms with Crippen LogP contribution in [0.5, 0.6) is 0 Å². The van der Waals surface area contributed by atoms with Gasteiger partial charge in [-0.3, -0.25) is 9.59 Å². The highest BCUT2D eigenvalue weighted by molar-refractivity contribution is 5.93. The first kappa shape index (κ1) is 19.9. The predicted molar refractivity (Wildman–Crippen MR) is 115 cm³/mol. The summed E-state index contributed by atoms with van der Waals surface area (Å²) in [4.78, 5) is 26.6. The van der Waals surface area contributed by atoms with Crippen LogP contribution in [0.2, 0.25) is 0 Å². The highest BCUT2D eigenvalue weighted by atomic mass is 16.2. The summed E-state index contributed by atoms with van der Waals surface area (Å²) >= 11 is 0. The molecule has 6 heteroatoms. The molecule has 4 rings (SSSR count). The van der Waals surface area contributed by atoms with Gasteiger partial charge in [0.25, 0.3) is 5.91 Å². The van der Waals surface area contributed by atoms with Gasteiger partial charge in [0.1, 0.15) is 0 Å². The fourth-order valence-corrected chi connectivity index (χ4v) is 3.66. The molecule has 0 aliphatic carbocycles. The Labute approximate surface area is 176 Å². The lowest BCUT2D eigenvalue weighted by Crippen LogP contribution is -2.35. The van der Waals surface area contributed by atoms with Gasteiger partial charge in [0.2, 0.25) is 5.91 Å². The third-order valence-corrected chi connectivity index (χ3v) is 5.37. The molecule has 154 valence electrons. The molecule has 1 aliphatic heterocycles. The van der Waals surface area contributed by atoms with Crippen LogP contribution in [0.3, 0.4) is 0 Å². The lowest BCUT2D eigenvalue weighted by molar-refractivity contribution is -0.120. The van der Waals surface area contributed by atoms with E-state index in [0.29, 0.717) is 18.5 Å². The van der Waals surface area contributed by atoms with E-state index in [0.717, 1.165) is 42.7 Å². The molecule has 0 atom stereocenters. The minimum atomic E-state index is -0.00165. The number of hydrogen-bond donors (Lipinski definition) is 1. The maximum atomic E-state index is 12.6. The fourth-order valence-electron chi connectivity index (χ4n) is 3.66. The number of nitrogens with zero attached hydrogens (tertiary/aromatic N) is 3. The van der Waals surface area contributed by atoms with Crippen LogP contribution in [0.1, 0.15) is 40.7 Å². The van der Waals surface area contributed by atoms with Crippen LogP contribution in [-0.2, 0) is 17.8 Å². The third-order valence-electron chi connectivity index (χ3n) is 5.37. The molecule has 6 nitrogen and oxygen atoms in total. The summed E-state index contributed by atoms with van der Waals surface area (Å²) in [6.07, 6.45) is 7.14. The molecule has 1 saturated heterocycles. The van der Waals surface area contributed by atoms with Crippen LogP contribution in [0.4, 0.5) is 0 Å². The van der Waals surface area contributed by atoms with Crippen molar-refractivity contribution in [1.29, 1.82) is 0 Å². The van der Waals surface area contributed by atoms with Crippen LogP contribution in [0.25, 0.3) is 5.69 Å². The summed E-state index contributed by atoms with van der Waals surface area (Å²) in [6.45, 7) is 2.13. The Morgan fingerprint density at radius 1 is 0.900 bits per heavy atom. The maximum Gasteiger partial charge on any atom is 0.257 e. The number of amides is 2. The average Bonchev–Trinajstić information content (AvgIpc) is 3.29. The Hall–Kier alpha value is -3.41. The van der Waals surface area contributed by atoms with Gasteiger partial charge in [-0.25, -0.2) is 4.68 Å². The van der Waals surface area contributed by atoms with Crippen molar-refractivity contribution in [2.75, 3.05) is 13.1 Å². The zero-order valence-corrected chi connectivity index (χ0v) is 17.0. The number of rotatable bonds is 6. The van der Waals surface area contributed by atoms with Crippen molar-refractivity contribution in [1.82, 2.24) is 20.0 Å². The number of carbonyl (C=O) groups excluding carboxylic acids is 2. The summed E-state index contributed by atoms with van der Waals surface area (Å²) in [5.41, 5.74) is 3.51. The summed E-state index contributed by atoms with van der Waals surface area (Å²) < 4.78 is 1.72. The first-order chi connectivity index (χ1) is 14.7. The van der Waals surface area contributed by atoms with E-state index < -0.39 is 0 Å². The Bertz CT molecular complexity index is 990. The lowest BCUT2D eigenvalue weighted by atomic mass is 10.1. The van der Waals surface area contributed by atoms with E-state index >= 15 is 0 Å². The highest BCUT2D eigenvalue weighted by Crippen LogP contribution is 2.15. The monoisotopic (exact) mass is 402 g/mol. The van der Waals surface area contributed by atoms with Gasteiger partial charge >= 0.3 is 0 Å². The summed E-state index contributed by atoms with van der Waals surface area (Å²) in [5.74, 6) is 0.0527. The van der Waals surface area contributed by atoms with E-state index in [4.69, 9.17) is 0 Å². The molecule has 1 fully saturated rings. The van der Waals surface area contributed by atoms with Gasteiger partial charge in [-0.2, -0.15) is 5.10 Å². The van der Waals surface area contributed by atoms with Crippen molar-refractivity contribution in [3.63, 3.8) is 0 Å². The molecule has 0 unspecified atom stereocenters. The van der Waals surface area contributed by atoms with Crippen molar-refractivity contribution >= 4 is 11.8 Å². The van der Waals surface area contributed by atoms with Crippen molar-refractivity contribution in [2.24, 2.45) is 0 Å². The van der Waals surface area contributed by atoms with Crippen molar-refractivity contribution in [2.45, 2.75) is 32.2 Å². The minimum absolute atomic E-state index is 0.00165. The average molecular weight is 402 g/mol. The molecular formula is C24H26N4O2.